The van der Waals surface area contributed by atoms with E-state index in [2.05, 4.69) is 26.8 Å². The Bertz CT molecular complexity index is 158. The molecule has 0 amide bonds. The van der Waals surface area contributed by atoms with Crippen LogP contribution in [0.15, 0.2) is 22.8 Å². The average Bonchev–Trinajstić information content (AvgIpc) is 1.98. The summed E-state index contributed by atoms with van der Waals surface area (Å²) in [6.07, 6.45) is 3.46. The largest absolute Gasteiger partial charge is 0.358 e. The average molecular weight is 348 g/mol. The summed E-state index contributed by atoms with van der Waals surface area (Å²) in [5.41, 5.74) is 4.48. The summed E-state index contributed by atoms with van der Waals surface area (Å²) in [5.74, 6) is 0. The van der Waals surface area contributed by atoms with Crippen LogP contribution in [0.25, 0.3) is 0 Å². The molecule has 12 heavy (non-hydrogen) atoms. The second-order valence-electron chi connectivity index (χ2n) is 2.50. The predicted octanol–water partition coefficient (Wildman–Crippen LogP) is 4.02. The van der Waals surface area contributed by atoms with Crippen LogP contribution in [0.2, 0.25) is 0 Å². The van der Waals surface area contributed by atoms with Crippen LogP contribution in [0.1, 0.15) is 27.2 Å². The standard InChI is InChI=1S/C8H12.3CH3.Pt/c1-6-4-5-7(2)8(6)3;;;;/h4H,5H2,1-3H3;3*1H3;/q;3*-1;. The Kier molecular flexibility index (Phi) is 17.5. The summed E-state index contributed by atoms with van der Waals surface area (Å²) in [4.78, 5) is 0. The molecule has 0 aromatic rings. The minimum absolute atomic E-state index is 0. The van der Waals surface area contributed by atoms with E-state index < -0.39 is 0 Å². The van der Waals surface area contributed by atoms with Gasteiger partial charge in [-0.05, 0) is 32.8 Å². The van der Waals surface area contributed by atoms with Crippen LogP contribution in [-0.2, 0) is 21.1 Å². The maximum absolute atomic E-state index is 2.28. The van der Waals surface area contributed by atoms with Gasteiger partial charge in [-0.25, -0.2) is 0 Å². The Balaban J connectivity index is -0.0000000800. The maximum Gasteiger partial charge on any atom is 0 e. The van der Waals surface area contributed by atoms with E-state index in [9.17, 15) is 0 Å². The van der Waals surface area contributed by atoms with Crippen molar-refractivity contribution in [2.45, 2.75) is 27.2 Å². The molecule has 0 fully saturated rings. The van der Waals surface area contributed by atoms with Crippen molar-refractivity contribution in [1.82, 2.24) is 0 Å². The van der Waals surface area contributed by atoms with Crippen molar-refractivity contribution in [3.8, 4) is 0 Å². The van der Waals surface area contributed by atoms with Gasteiger partial charge in [-0.3, -0.25) is 0 Å². The van der Waals surface area contributed by atoms with E-state index in [-0.39, 0.29) is 43.3 Å². The van der Waals surface area contributed by atoms with E-state index in [1.807, 2.05) is 0 Å². The van der Waals surface area contributed by atoms with Crippen molar-refractivity contribution in [1.29, 1.82) is 0 Å². The van der Waals surface area contributed by atoms with E-state index in [1.165, 1.54) is 23.1 Å². The Morgan fingerprint density at radius 3 is 1.50 bits per heavy atom. The molecule has 0 N–H and O–H groups in total. The number of hydrogen-bond donors (Lipinski definition) is 0. The Morgan fingerprint density at radius 1 is 1.00 bits per heavy atom. The van der Waals surface area contributed by atoms with Gasteiger partial charge >= 0.3 is 0 Å². The molecule has 0 aromatic heterocycles. The van der Waals surface area contributed by atoms with Crippen LogP contribution in [0.3, 0.4) is 0 Å². The molecule has 0 spiro atoms. The minimum Gasteiger partial charge on any atom is -0.358 e. The van der Waals surface area contributed by atoms with Crippen molar-refractivity contribution in [2.75, 3.05) is 0 Å². The van der Waals surface area contributed by atoms with Crippen molar-refractivity contribution in [3.63, 3.8) is 0 Å². The molecule has 1 aliphatic rings. The topological polar surface area (TPSA) is 0 Å². The number of rotatable bonds is 0. The molecule has 0 aromatic carbocycles. The van der Waals surface area contributed by atoms with Crippen LogP contribution in [0.5, 0.6) is 0 Å². The third-order valence-electron chi connectivity index (χ3n) is 1.95. The molecule has 1 aliphatic carbocycles. The molecule has 0 atom stereocenters. The van der Waals surface area contributed by atoms with Gasteiger partial charge in [0.1, 0.15) is 0 Å². The van der Waals surface area contributed by atoms with E-state index >= 15 is 0 Å². The third-order valence-corrected chi connectivity index (χ3v) is 1.95. The van der Waals surface area contributed by atoms with Gasteiger partial charge in [0.25, 0.3) is 0 Å². The fourth-order valence-electron chi connectivity index (χ4n) is 0.949. The molecule has 0 unspecified atom stereocenters. The zero-order valence-electron chi connectivity index (χ0n) is 9.10. The molecule has 0 heterocycles. The first kappa shape index (κ1) is 22.7. The molecule has 0 nitrogen and oxygen atoms in total. The molecule has 0 saturated carbocycles. The minimum atomic E-state index is 0. The van der Waals surface area contributed by atoms with Crippen LogP contribution in [0, 0.1) is 22.3 Å². The SMILES string of the molecule is CC1=CCC(C)=C1C.[CH3-].[CH3-].[CH3-].[Pt]. The van der Waals surface area contributed by atoms with Gasteiger partial charge < -0.3 is 22.3 Å². The Morgan fingerprint density at radius 2 is 1.42 bits per heavy atom. The van der Waals surface area contributed by atoms with Crippen LogP contribution >= 0.6 is 0 Å². The van der Waals surface area contributed by atoms with Gasteiger partial charge in [0.2, 0.25) is 0 Å². The van der Waals surface area contributed by atoms with E-state index in [0.29, 0.717) is 0 Å². The van der Waals surface area contributed by atoms with E-state index in [1.54, 1.807) is 0 Å². The number of allylic oxidation sites excluding steroid dienone is 4. The summed E-state index contributed by atoms with van der Waals surface area (Å²) in [6.45, 7) is 6.56. The zero-order chi connectivity index (χ0) is 6.15. The van der Waals surface area contributed by atoms with Gasteiger partial charge in [-0.2, -0.15) is 0 Å². The van der Waals surface area contributed by atoms with E-state index in [4.69, 9.17) is 0 Å². The van der Waals surface area contributed by atoms with Gasteiger partial charge in [-0.15, -0.1) is 0 Å². The first-order chi connectivity index (χ1) is 3.72. The Hall–Kier alpha value is 0.168. The molecule has 0 saturated heterocycles. The van der Waals surface area contributed by atoms with Gasteiger partial charge in [0.05, 0.1) is 0 Å². The quantitative estimate of drug-likeness (QED) is 0.580. The summed E-state index contributed by atoms with van der Waals surface area (Å²) >= 11 is 0. The van der Waals surface area contributed by atoms with Gasteiger partial charge in [0, 0.05) is 21.1 Å². The van der Waals surface area contributed by atoms with Gasteiger partial charge in [0.15, 0.2) is 0 Å². The van der Waals surface area contributed by atoms with Crippen molar-refractivity contribution in [2.24, 2.45) is 0 Å². The van der Waals surface area contributed by atoms with Crippen LogP contribution in [-0.4, -0.2) is 0 Å². The first-order valence-corrected chi connectivity index (χ1v) is 3.05. The fourth-order valence-corrected chi connectivity index (χ4v) is 0.949. The van der Waals surface area contributed by atoms with Crippen LogP contribution in [0.4, 0.5) is 0 Å². The Labute approximate surface area is 93.4 Å². The molecule has 0 aliphatic heterocycles. The summed E-state index contributed by atoms with van der Waals surface area (Å²) in [6, 6.07) is 0. The second-order valence-corrected chi connectivity index (χ2v) is 2.50. The van der Waals surface area contributed by atoms with Crippen molar-refractivity contribution < 1.29 is 21.1 Å². The summed E-state index contributed by atoms with van der Waals surface area (Å²) < 4.78 is 0. The summed E-state index contributed by atoms with van der Waals surface area (Å²) in [5, 5.41) is 0. The molecular weight excluding hydrogens is 327 g/mol. The van der Waals surface area contributed by atoms with Crippen LogP contribution < -0.4 is 0 Å². The predicted molar refractivity (Wildman–Crippen MR) is 56.0 cm³/mol. The fraction of sp³-hybridized carbons (Fsp3) is 0.364. The third kappa shape index (κ3) is 4.93. The monoisotopic (exact) mass is 348 g/mol. The molecule has 0 radical (unpaired) electrons. The normalized spacial score (nSPS) is 13.1. The molecule has 78 valence electrons. The van der Waals surface area contributed by atoms with Crippen molar-refractivity contribution in [3.05, 3.63) is 45.1 Å². The molecule has 0 bridgehead atoms. The first-order valence-electron chi connectivity index (χ1n) is 3.05. The molecular formula is C11H21Pt-3. The van der Waals surface area contributed by atoms with Gasteiger partial charge in [-0.1, -0.05) is 17.2 Å². The molecule has 1 heteroatoms. The second kappa shape index (κ2) is 9.26. The zero-order valence-corrected chi connectivity index (χ0v) is 11.4. The van der Waals surface area contributed by atoms with Crippen molar-refractivity contribution >= 4 is 0 Å². The maximum atomic E-state index is 2.28. The number of hydrogen-bond acceptors (Lipinski definition) is 0. The smallest absolute Gasteiger partial charge is 0 e. The summed E-state index contributed by atoms with van der Waals surface area (Å²) in [7, 11) is 0. The molecule has 1 rings (SSSR count). The van der Waals surface area contributed by atoms with E-state index in [0.717, 1.165) is 0 Å².